The molecule has 0 saturated heterocycles. The Morgan fingerprint density at radius 3 is 2.35 bits per heavy atom. The molecule has 0 radical (unpaired) electrons. The second-order valence-electron chi connectivity index (χ2n) is 7.16. The Hall–Kier alpha value is -3.71. The minimum absolute atomic E-state index is 0.104. The molecule has 0 atom stereocenters. The van der Waals surface area contributed by atoms with Gasteiger partial charge in [0.15, 0.2) is 0 Å². The molecule has 2 aromatic carbocycles. The second kappa shape index (κ2) is 8.97. The van der Waals surface area contributed by atoms with Crippen LogP contribution in [0.4, 0.5) is 5.00 Å². The summed E-state index contributed by atoms with van der Waals surface area (Å²) < 4.78 is 1.84. The minimum atomic E-state index is -0.157. The van der Waals surface area contributed by atoms with Gasteiger partial charge in [-0.15, -0.1) is 11.3 Å². The van der Waals surface area contributed by atoms with E-state index in [0.29, 0.717) is 16.4 Å². The molecule has 7 heteroatoms. The van der Waals surface area contributed by atoms with Gasteiger partial charge >= 0.3 is 0 Å². The summed E-state index contributed by atoms with van der Waals surface area (Å²) in [5, 5.41) is 8.18. The van der Waals surface area contributed by atoms with Crippen LogP contribution in [0, 0.1) is 0 Å². The fourth-order valence-electron chi connectivity index (χ4n) is 3.29. The van der Waals surface area contributed by atoms with Crippen LogP contribution in [0.3, 0.4) is 0 Å². The monoisotopic (exact) mass is 430 g/mol. The summed E-state index contributed by atoms with van der Waals surface area (Å²) in [7, 11) is 1.77. The number of nitrogens with zero attached hydrogens (tertiary/aromatic N) is 3. The Labute approximate surface area is 184 Å². The van der Waals surface area contributed by atoms with Crippen LogP contribution in [-0.2, 0) is 11.3 Å². The quantitative estimate of drug-likeness (QED) is 0.476. The van der Waals surface area contributed by atoms with E-state index in [1.807, 2.05) is 71.5 Å². The summed E-state index contributed by atoms with van der Waals surface area (Å²) in [6.45, 7) is 1.85. The zero-order valence-electron chi connectivity index (χ0n) is 17.3. The van der Waals surface area contributed by atoms with E-state index in [1.54, 1.807) is 24.1 Å². The second-order valence-corrected chi connectivity index (χ2v) is 8.24. The molecule has 31 heavy (non-hydrogen) atoms. The van der Waals surface area contributed by atoms with Crippen LogP contribution in [0.25, 0.3) is 16.9 Å². The van der Waals surface area contributed by atoms with Crippen LogP contribution in [0.15, 0.2) is 79.0 Å². The molecule has 4 aromatic rings. The number of carbonyl (C=O) groups is 2. The Morgan fingerprint density at radius 1 is 1.00 bits per heavy atom. The normalized spacial score (nSPS) is 10.6. The van der Waals surface area contributed by atoms with E-state index in [4.69, 9.17) is 5.10 Å². The van der Waals surface area contributed by atoms with E-state index in [0.717, 1.165) is 22.5 Å². The lowest BCUT2D eigenvalue weighted by Gasteiger charge is -2.16. The highest BCUT2D eigenvalue weighted by Gasteiger charge is 2.19. The number of hydrogen-bond acceptors (Lipinski definition) is 4. The van der Waals surface area contributed by atoms with Crippen molar-refractivity contribution in [1.82, 2.24) is 14.7 Å². The summed E-state index contributed by atoms with van der Waals surface area (Å²) in [4.78, 5) is 26.5. The molecular formula is C24H22N4O2S. The van der Waals surface area contributed by atoms with E-state index >= 15 is 0 Å². The van der Waals surface area contributed by atoms with Gasteiger partial charge in [-0.25, -0.2) is 4.68 Å². The topological polar surface area (TPSA) is 67.2 Å². The minimum Gasteiger partial charge on any atom is -0.337 e. The number of para-hydroxylation sites is 1. The maximum Gasteiger partial charge on any atom is 0.264 e. The maximum atomic E-state index is 13.0. The lowest BCUT2D eigenvalue weighted by atomic mass is 10.1. The van der Waals surface area contributed by atoms with Crippen molar-refractivity contribution in [3.63, 3.8) is 0 Å². The number of benzene rings is 2. The predicted octanol–water partition coefficient (Wildman–Crippen LogP) is 4.83. The molecule has 0 aliphatic heterocycles. The summed E-state index contributed by atoms with van der Waals surface area (Å²) >= 11 is 1.27. The third-order valence-corrected chi connectivity index (χ3v) is 5.72. The van der Waals surface area contributed by atoms with E-state index in [1.165, 1.54) is 18.3 Å². The van der Waals surface area contributed by atoms with Crippen molar-refractivity contribution < 1.29 is 9.59 Å². The van der Waals surface area contributed by atoms with Gasteiger partial charge in [0.25, 0.3) is 5.91 Å². The summed E-state index contributed by atoms with van der Waals surface area (Å²) in [5.41, 5.74) is 3.74. The van der Waals surface area contributed by atoms with Gasteiger partial charge in [-0.2, -0.15) is 5.10 Å². The fourth-order valence-corrected chi connectivity index (χ4v) is 4.23. The van der Waals surface area contributed by atoms with Crippen LogP contribution in [0.5, 0.6) is 0 Å². The SMILES string of the molecule is CC(=O)Nc1ccc(C(=O)N(C)Cc2cn(-c3ccccc3)nc2-c2ccccc2)s1. The number of rotatable bonds is 6. The standard InChI is InChI=1S/C24H22N4O2S/c1-17(29)25-22-14-13-21(31-22)24(30)27(2)15-19-16-28(20-11-7-4-8-12-20)26-23(19)18-9-5-3-6-10-18/h3-14,16H,15H2,1-2H3,(H,25,29). The maximum absolute atomic E-state index is 13.0. The van der Waals surface area contributed by atoms with Crippen molar-refractivity contribution in [3.8, 4) is 16.9 Å². The summed E-state index contributed by atoms with van der Waals surface area (Å²) in [6, 6.07) is 23.3. The van der Waals surface area contributed by atoms with Crippen molar-refractivity contribution in [3.05, 3.63) is 89.4 Å². The van der Waals surface area contributed by atoms with Gasteiger partial charge < -0.3 is 10.2 Å². The zero-order valence-corrected chi connectivity index (χ0v) is 18.1. The average molecular weight is 431 g/mol. The molecule has 2 heterocycles. The molecule has 0 saturated carbocycles. The van der Waals surface area contributed by atoms with Gasteiger partial charge in [0.05, 0.1) is 21.3 Å². The molecule has 0 unspecified atom stereocenters. The molecule has 0 aliphatic rings. The molecule has 4 rings (SSSR count). The van der Waals surface area contributed by atoms with E-state index in [2.05, 4.69) is 5.32 Å². The number of aromatic nitrogens is 2. The zero-order chi connectivity index (χ0) is 21.8. The van der Waals surface area contributed by atoms with Gasteiger partial charge in [-0.3, -0.25) is 9.59 Å². The first-order valence-corrected chi connectivity index (χ1v) is 10.6. The van der Waals surface area contributed by atoms with Gasteiger partial charge in [0, 0.05) is 37.8 Å². The van der Waals surface area contributed by atoms with Crippen LogP contribution in [-0.4, -0.2) is 33.5 Å². The van der Waals surface area contributed by atoms with Crippen molar-refractivity contribution in [2.24, 2.45) is 0 Å². The molecule has 0 fully saturated rings. The number of amides is 2. The Kier molecular flexibility index (Phi) is 5.95. The first-order valence-electron chi connectivity index (χ1n) is 9.83. The fraction of sp³-hybridized carbons (Fsp3) is 0.125. The third-order valence-electron chi connectivity index (χ3n) is 4.73. The van der Waals surface area contributed by atoms with Crippen molar-refractivity contribution in [2.75, 3.05) is 12.4 Å². The lowest BCUT2D eigenvalue weighted by molar-refractivity contribution is -0.114. The Morgan fingerprint density at radius 2 is 1.68 bits per heavy atom. The molecule has 1 N–H and O–H groups in total. The lowest BCUT2D eigenvalue weighted by Crippen LogP contribution is -2.25. The number of hydrogen-bond donors (Lipinski definition) is 1. The van der Waals surface area contributed by atoms with Crippen molar-refractivity contribution in [1.29, 1.82) is 0 Å². The third kappa shape index (κ3) is 4.73. The first-order chi connectivity index (χ1) is 15.0. The van der Waals surface area contributed by atoms with Crippen LogP contribution < -0.4 is 5.32 Å². The van der Waals surface area contributed by atoms with Crippen LogP contribution in [0.1, 0.15) is 22.2 Å². The van der Waals surface area contributed by atoms with Gasteiger partial charge in [0.2, 0.25) is 5.91 Å². The predicted molar refractivity (Wildman–Crippen MR) is 123 cm³/mol. The largest absolute Gasteiger partial charge is 0.337 e. The van der Waals surface area contributed by atoms with Crippen molar-refractivity contribution >= 4 is 28.2 Å². The smallest absolute Gasteiger partial charge is 0.264 e. The highest BCUT2D eigenvalue weighted by atomic mass is 32.1. The number of anilines is 1. The highest BCUT2D eigenvalue weighted by Crippen LogP contribution is 2.27. The van der Waals surface area contributed by atoms with Crippen LogP contribution in [0.2, 0.25) is 0 Å². The number of nitrogens with one attached hydrogen (secondary N) is 1. The number of thiophene rings is 1. The highest BCUT2D eigenvalue weighted by molar-refractivity contribution is 7.18. The molecule has 2 aromatic heterocycles. The van der Waals surface area contributed by atoms with E-state index < -0.39 is 0 Å². The average Bonchev–Trinajstić information content (AvgIpc) is 3.41. The Bertz CT molecular complexity index is 1200. The first kappa shape index (κ1) is 20.6. The number of carbonyl (C=O) groups excluding carboxylic acids is 2. The van der Waals surface area contributed by atoms with Crippen LogP contribution >= 0.6 is 11.3 Å². The molecule has 0 aliphatic carbocycles. The molecule has 156 valence electrons. The van der Waals surface area contributed by atoms with Crippen molar-refractivity contribution in [2.45, 2.75) is 13.5 Å². The van der Waals surface area contributed by atoms with E-state index in [9.17, 15) is 9.59 Å². The molecule has 0 spiro atoms. The molecular weight excluding hydrogens is 408 g/mol. The van der Waals surface area contributed by atoms with Gasteiger partial charge in [0.1, 0.15) is 0 Å². The van der Waals surface area contributed by atoms with Gasteiger partial charge in [-0.1, -0.05) is 48.5 Å². The Balaban J connectivity index is 1.62. The molecule has 6 nitrogen and oxygen atoms in total. The van der Waals surface area contributed by atoms with Gasteiger partial charge in [-0.05, 0) is 24.3 Å². The van der Waals surface area contributed by atoms with E-state index in [-0.39, 0.29) is 11.8 Å². The molecule has 2 amide bonds. The summed E-state index contributed by atoms with van der Waals surface area (Å²) in [6.07, 6.45) is 1.97. The molecule has 0 bridgehead atoms. The summed E-state index contributed by atoms with van der Waals surface area (Å²) in [5.74, 6) is -0.261.